The van der Waals surface area contributed by atoms with Crippen LogP contribution in [0.3, 0.4) is 0 Å². The van der Waals surface area contributed by atoms with Crippen molar-refractivity contribution in [3.63, 3.8) is 0 Å². The normalized spacial score (nSPS) is 10.4. The molecule has 0 aliphatic carbocycles. The predicted octanol–water partition coefficient (Wildman–Crippen LogP) is 3.51. The third kappa shape index (κ3) is 4.16. The number of rotatable bonds is 4. The Morgan fingerprint density at radius 3 is 2.43 bits per heavy atom. The molecule has 2 aromatic rings. The Kier molecular flexibility index (Phi) is 5.11. The second kappa shape index (κ2) is 7.04. The highest BCUT2D eigenvalue weighted by atomic mass is 32.1. The Morgan fingerprint density at radius 2 is 1.86 bits per heavy atom. The van der Waals surface area contributed by atoms with Gasteiger partial charge in [0.25, 0.3) is 5.91 Å². The largest absolute Gasteiger partial charge is 0.324 e. The molecule has 0 bridgehead atoms. The molecule has 2 rings (SSSR count). The van der Waals surface area contributed by atoms with Gasteiger partial charge in [0.1, 0.15) is 0 Å². The van der Waals surface area contributed by atoms with Crippen molar-refractivity contribution < 1.29 is 9.59 Å². The second-order valence-electron chi connectivity index (χ2n) is 4.94. The first-order valence-corrected chi connectivity index (χ1v) is 7.65. The van der Waals surface area contributed by atoms with E-state index >= 15 is 0 Å². The molecule has 0 unspecified atom stereocenters. The summed E-state index contributed by atoms with van der Waals surface area (Å²) < 4.78 is 0. The minimum absolute atomic E-state index is 0.00124. The van der Waals surface area contributed by atoms with Gasteiger partial charge in [-0.25, -0.2) is 4.79 Å². The summed E-state index contributed by atoms with van der Waals surface area (Å²) in [5.41, 5.74) is 1.03. The van der Waals surface area contributed by atoms with Crippen LogP contribution in [0.4, 0.5) is 4.79 Å². The molecule has 1 heterocycles. The zero-order valence-electron chi connectivity index (χ0n) is 12.1. The number of thiophene rings is 1. The Hall–Kier alpha value is -2.14. The maximum absolute atomic E-state index is 12.3. The van der Waals surface area contributed by atoms with Gasteiger partial charge in [0.2, 0.25) is 0 Å². The molecule has 5 heteroatoms. The Labute approximate surface area is 128 Å². The molecule has 0 aliphatic heterocycles. The molecule has 0 radical (unpaired) electrons. The van der Waals surface area contributed by atoms with E-state index in [0.717, 1.165) is 5.56 Å². The van der Waals surface area contributed by atoms with Crippen molar-refractivity contribution in [3.05, 3.63) is 58.3 Å². The Balaban J connectivity index is 2.04. The standard InChI is InChI=1S/C16H18N2O2S/c1-12(2)18(11-13-7-4-3-5-8-13)16(20)17-15(19)14-9-6-10-21-14/h3-10,12H,11H2,1-2H3,(H,17,19,20). The summed E-state index contributed by atoms with van der Waals surface area (Å²) in [6, 6.07) is 12.8. The highest BCUT2D eigenvalue weighted by Gasteiger charge is 2.20. The van der Waals surface area contributed by atoms with Crippen LogP contribution in [-0.4, -0.2) is 22.9 Å². The molecule has 0 saturated carbocycles. The number of benzene rings is 1. The summed E-state index contributed by atoms with van der Waals surface area (Å²) in [7, 11) is 0. The van der Waals surface area contributed by atoms with Crippen LogP contribution in [0, 0.1) is 0 Å². The highest BCUT2D eigenvalue weighted by Crippen LogP contribution is 2.11. The van der Waals surface area contributed by atoms with Crippen molar-refractivity contribution in [1.29, 1.82) is 0 Å². The first-order chi connectivity index (χ1) is 10.1. The van der Waals surface area contributed by atoms with Crippen LogP contribution in [0.25, 0.3) is 0 Å². The molecule has 1 N–H and O–H groups in total. The van der Waals surface area contributed by atoms with Gasteiger partial charge in [-0.3, -0.25) is 10.1 Å². The van der Waals surface area contributed by atoms with Gasteiger partial charge in [-0.1, -0.05) is 36.4 Å². The molecule has 1 aromatic heterocycles. The number of amides is 3. The molecule has 1 aromatic carbocycles. The maximum Gasteiger partial charge on any atom is 0.324 e. The van der Waals surface area contributed by atoms with Crippen molar-refractivity contribution in [3.8, 4) is 0 Å². The van der Waals surface area contributed by atoms with E-state index in [-0.39, 0.29) is 18.0 Å². The molecule has 110 valence electrons. The molecule has 3 amide bonds. The first kappa shape index (κ1) is 15.3. The number of hydrogen-bond acceptors (Lipinski definition) is 3. The summed E-state index contributed by atoms with van der Waals surface area (Å²) in [5.74, 6) is -0.353. The van der Waals surface area contributed by atoms with E-state index in [1.807, 2.05) is 49.6 Å². The van der Waals surface area contributed by atoms with Crippen LogP contribution in [0.5, 0.6) is 0 Å². The summed E-state index contributed by atoms with van der Waals surface area (Å²) in [4.78, 5) is 26.4. The Bertz CT molecular complexity index is 594. The summed E-state index contributed by atoms with van der Waals surface area (Å²) in [5, 5.41) is 4.25. The Morgan fingerprint density at radius 1 is 1.14 bits per heavy atom. The minimum atomic E-state index is -0.368. The molecular formula is C16H18N2O2S. The lowest BCUT2D eigenvalue weighted by atomic mass is 10.2. The lowest BCUT2D eigenvalue weighted by Gasteiger charge is -2.26. The minimum Gasteiger partial charge on any atom is -0.318 e. The number of hydrogen-bond donors (Lipinski definition) is 1. The zero-order chi connectivity index (χ0) is 15.2. The van der Waals surface area contributed by atoms with Crippen LogP contribution in [0.15, 0.2) is 47.8 Å². The predicted molar refractivity (Wildman–Crippen MR) is 84.3 cm³/mol. The lowest BCUT2D eigenvalue weighted by molar-refractivity contribution is 0.0949. The number of carbonyl (C=O) groups excluding carboxylic acids is 2. The van der Waals surface area contributed by atoms with Crippen molar-refractivity contribution in [2.24, 2.45) is 0 Å². The SMILES string of the molecule is CC(C)N(Cc1ccccc1)C(=O)NC(=O)c1cccs1. The van der Waals surface area contributed by atoms with Gasteiger partial charge in [0.15, 0.2) is 0 Å². The van der Waals surface area contributed by atoms with Gasteiger partial charge in [-0.2, -0.15) is 0 Å². The van der Waals surface area contributed by atoms with E-state index in [1.54, 1.807) is 17.0 Å². The van der Waals surface area contributed by atoms with Crippen molar-refractivity contribution in [2.45, 2.75) is 26.4 Å². The van der Waals surface area contributed by atoms with Gasteiger partial charge in [-0.15, -0.1) is 11.3 Å². The number of urea groups is 1. The zero-order valence-corrected chi connectivity index (χ0v) is 12.9. The summed E-state index contributed by atoms with van der Waals surface area (Å²) >= 11 is 1.31. The van der Waals surface area contributed by atoms with Gasteiger partial charge < -0.3 is 4.90 Å². The van der Waals surface area contributed by atoms with Crippen LogP contribution in [0.2, 0.25) is 0 Å². The average Bonchev–Trinajstić information content (AvgIpc) is 2.99. The van der Waals surface area contributed by atoms with Crippen LogP contribution < -0.4 is 5.32 Å². The smallest absolute Gasteiger partial charge is 0.318 e. The van der Waals surface area contributed by atoms with E-state index < -0.39 is 0 Å². The van der Waals surface area contributed by atoms with Gasteiger partial charge in [0, 0.05) is 12.6 Å². The molecule has 0 fully saturated rings. The second-order valence-corrected chi connectivity index (χ2v) is 5.89. The fraction of sp³-hybridized carbons (Fsp3) is 0.250. The fourth-order valence-electron chi connectivity index (χ4n) is 1.91. The molecule has 4 nitrogen and oxygen atoms in total. The average molecular weight is 302 g/mol. The van der Waals surface area contributed by atoms with Gasteiger partial charge in [0.05, 0.1) is 4.88 Å². The number of nitrogens with zero attached hydrogens (tertiary/aromatic N) is 1. The van der Waals surface area contributed by atoms with E-state index in [2.05, 4.69) is 5.32 Å². The van der Waals surface area contributed by atoms with Crippen LogP contribution >= 0.6 is 11.3 Å². The lowest BCUT2D eigenvalue weighted by Crippen LogP contribution is -2.45. The topological polar surface area (TPSA) is 49.4 Å². The molecule has 0 spiro atoms. The van der Waals surface area contributed by atoms with Gasteiger partial charge >= 0.3 is 6.03 Å². The van der Waals surface area contributed by atoms with Crippen molar-refractivity contribution in [1.82, 2.24) is 10.2 Å². The fourth-order valence-corrected chi connectivity index (χ4v) is 2.53. The molecule has 0 aliphatic rings. The van der Waals surface area contributed by atoms with Crippen LogP contribution in [0.1, 0.15) is 29.1 Å². The molecule has 0 saturated heterocycles. The van der Waals surface area contributed by atoms with E-state index in [1.165, 1.54) is 11.3 Å². The quantitative estimate of drug-likeness (QED) is 0.939. The monoisotopic (exact) mass is 302 g/mol. The molecule has 0 atom stereocenters. The first-order valence-electron chi connectivity index (χ1n) is 6.77. The van der Waals surface area contributed by atoms with Crippen LogP contribution in [-0.2, 0) is 6.54 Å². The van der Waals surface area contributed by atoms with Crippen molar-refractivity contribution in [2.75, 3.05) is 0 Å². The molecular weight excluding hydrogens is 284 g/mol. The maximum atomic E-state index is 12.3. The van der Waals surface area contributed by atoms with E-state index in [4.69, 9.17) is 0 Å². The van der Waals surface area contributed by atoms with E-state index in [9.17, 15) is 9.59 Å². The number of imide groups is 1. The number of carbonyl (C=O) groups is 2. The van der Waals surface area contributed by atoms with Crippen molar-refractivity contribution >= 4 is 23.3 Å². The van der Waals surface area contributed by atoms with Gasteiger partial charge in [-0.05, 0) is 30.9 Å². The van der Waals surface area contributed by atoms with E-state index in [0.29, 0.717) is 11.4 Å². The third-order valence-corrected chi connectivity index (χ3v) is 3.91. The molecule has 21 heavy (non-hydrogen) atoms. The summed E-state index contributed by atoms with van der Waals surface area (Å²) in [6.45, 7) is 4.33. The third-order valence-electron chi connectivity index (χ3n) is 3.05. The highest BCUT2D eigenvalue weighted by molar-refractivity contribution is 7.12. The number of nitrogens with one attached hydrogen (secondary N) is 1. The summed E-state index contributed by atoms with van der Waals surface area (Å²) in [6.07, 6.45) is 0.